The van der Waals surface area contributed by atoms with Crippen LogP contribution < -0.4 is 10.6 Å². The Hall–Kier alpha value is -6.69. The number of aliphatic imine (C=N–C) groups is 1. The lowest BCUT2D eigenvalue weighted by molar-refractivity contribution is 0.411. The van der Waals surface area contributed by atoms with Gasteiger partial charge in [0.1, 0.15) is 40.5 Å². The molecule has 8 aromatic carbocycles. The van der Waals surface area contributed by atoms with Gasteiger partial charge in [-0.2, -0.15) is 0 Å². The maximum Gasteiger partial charge on any atom is 0.146 e. The van der Waals surface area contributed by atoms with E-state index in [1.807, 2.05) is 24.3 Å². The minimum absolute atomic E-state index is 0.331. The average molecular weight is 670 g/mol. The fourth-order valence-corrected chi connectivity index (χ4v) is 8.08. The summed E-state index contributed by atoms with van der Waals surface area (Å²) >= 11 is 0. The SMILES string of the molecule is c1ccc2cc(C3N=C(c4cccc5c4oc4ccccc45)NC(c4cc(-c5cccc6ccccc56)cc5oc6ccccc6c45)N3)ccc2c1. The molecule has 1 aliphatic rings. The average Bonchev–Trinajstić information content (AvgIpc) is 3.78. The number of hydrogen-bond acceptors (Lipinski definition) is 5. The van der Waals surface area contributed by atoms with E-state index in [1.54, 1.807) is 0 Å². The molecule has 2 unspecified atom stereocenters. The van der Waals surface area contributed by atoms with Crippen LogP contribution in [0.4, 0.5) is 0 Å². The van der Waals surface area contributed by atoms with Crippen molar-refractivity contribution >= 4 is 71.3 Å². The van der Waals surface area contributed by atoms with Crippen LogP contribution in [-0.4, -0.2) is 5.84 Å². The molecule has 0 saturated heterocycles. The van der Waals surface area contributed by atoms with Crippen LogP contribution in [0.1, 0.15) is 29.0 Å². The quantitative estimate of drug-likeness (QED) is 0.196. The molecule has 2 atom stereocenters. The molecule has 5 nitrogen and oxygen atoms in total. The molecule has 0 radical (unpaired) electrons. The van der Waals surface area contributed by atoms with E-state index in [9.17, 15) is 0 Å². The number of furan rings is 2. The highest BCUT2D eigenvalue weighted by atomic mass is 16.3. The van der Waals surface area contributed by atoms with E-state index in [2.05, 4.69) is 150 Å². The summed E-state index contributed by atoms with van der Waals surface area (Å²) in [5.74, 6) is 0.767. The topological polar surface area (TPSA) is 62.7 Å². The van der Waals surface area contributed by atoms with Crippen LogP contribution in [0, 0.1) is 0 Å². The molecule has 0 aliphatic carbocycles. The van der Waals surface area contributed by atoms with E-state index in [1.165, 1.54) is 21.5 Å². The first kappa shape index (κ1) is 29.1. The standard InChI is InChI=1S/C47H31N3O2/c1-2-13-30-25-31(24-23-28(30)11-1)45-48-46(38-20-10-19-36-35-16-5-7-21-40(35)52-44(36)38)50-47(49-45)39-26-32(34-18-9-14-29-12-3-4-15-33(29)34)27-42-43(39)37-17-6-8-22-41(37)51-42/h1-27,45,47,49H,(H,48,50). The normalized spacial score (nSPS) is 16.3. The van der Waals surface area contributed by atoms with Crippen LogP contribution in [0.3, 0.4) is 0 Å². The summed E-state index contributed by atoms with van der Waals surface area (Å²) in [5.41, 5.74) is 8.71. The van der Waals surface area contributed by atoms with Crippen molar-refractivity contribution in [3.63, 3.8) is 0 Å². The highest BCUT2D eigenvalue weighted by Gasteiger charge is 2.30. The van der Waals surface area contributed by atoms with E-state index in [0.717, 1.165) is 77.5 Å². The van der Waals surface area contributed by atoms with Gasteiger partial charge in [-0.1, -0.05) is 127 Å². The second-order valence-corrected chi connectivity index (χ2v) is 13.6. The summed E-state index contributed by atoms with van der Waals surface area (Å²) in [6.45, 7) is 0. The van der Waals surface area contributed by atoms with E-state index >= 15 is 0 Å². The Morgan fingerprint density at radius 2 is 1.15 bits per heavy atom. The van der Waals surface area contributed by atoms with Gasteiger partial charge in [-0.3, -0.25) is 5.32 Å². The van der Waals surface area contributed by atoms with E-state index in [0.29, 0.717) is 0 Å². The summed E-state index contributed by atoms with van der Waals surface area (Å²) in [6, 6.07) is 57.5. The minimum atomic E-state index is -0.347. The van der Waals surface area contributed by atoms with Crippen molar-refractivity contribution < 1.29 is 8.83 Å². The van der Waals surface area contributed by atoms with Gasteiger partial charge in [0.25, 0.3) is 0 Å². The van der Waals surface area contributed by atoms with Crippen molar-refractivity contribution in [3.8, 4) is 11.1 Å². The predicted octanol–water partition coefficient (Wildman–Crippen LogP) is 11.8. The Morgan fingerprint density at radius 3 is 2.04 bits per heavy atom. The monoisotopic (exact) mass is 669 g/mol. The Morgan fingerprint density at radius 1 is 0.481 bits per heavy atom. The molecule has 246 valence electrons. The Kier molecular flexibility index (Phi) is 6.39. The van der Waals surface area contributed by atoms with Gasteiger partial charge in [0.2, 0.25) is 0 Å². The number of amidine groups is 1. The summed E-state index contributed by atoms with van der Waals surface area (Å²) in [6.07, 6.45) is -0.679. The number of benzene rings is 8. The molecular weight excluding hydrogens is 639 g/mol. The van der Waals surface area contributed by atoms with Gasteiger partial charge in [0.15, 0.2) is 0 Å². The van der Waals surface area contributed by atoms with Gasteiger partial charge < -0.3 is 14.2 Å². The number of nitrogens with one attached hydrogen (secondary N) is 2. The van der Waals surface area contributed by atoms with Gasteiger partial charge in [-0.15, -0.1) is 0 Å². The molecule has 3 heterocycles. The van der Waals surface area contributed by atoms with Crippen LogP contribution >= 0.6 is 0 Å². The zero-order chi connectivity index (χ0) is 34.2. The Balaban J connectivity index is 1.15. The molecule has 0 spiro atoms. The number of fused-ring (bicyclic) bond motifs is 8. The second-order valence-electron chi connectivity index (χ2n) is 13.6. The molecule has 2 aromatic heterocycles. The van der Waals surface area contributed by atoms with Gasteiger partial charge in [0.05, 0.1) is 5.56 Å². The summed E-state index contributed by atoms with van der Waals surface area (Å²) < 4.78 is 13.2. The molecule has 0 saturated carbocycles. The van der Waals surface area contributed by atoms with Gasteiger partial charge in [0, 0.05) is 27.1 Å². The molecule has 5 heteroatoms. The first-order valence-electron chi connectivity index (χ1n) is 17.7. The smallest absolute Gasteiger partial charge is 0.146 e. The fourth-order valence-electron chi connectivity index (χ4n) is 8.08. The molecular formula is C47H31N3O2. The van der Waals surface area contributed by atoms with Crippen molar-refractivity contribution in [2.45, 2.75) is 12.3 Å². The third kappa shape index (κ3) is 4.57. The maximum absolute atomic E-state index is 6.62. The predicted molar refractivity (Wildman–Crippen MR) is 213 cm³/mol. The highest BCUT2D eigenvalue weighted by molar-refractivity contribution is 6.15. The van der Waals surface area contributed by atoms with E-state index in [-0.39, 0.29) is 12.3 Å². The Labute approximate surface area is 298 Å². The van der Waals surface area contributed by atoms with Gasteiger partial charge >= 0.3 is 0 Å². The summed E-state index contributed by atoms with van der Waals surface area (Å²) in [4.78, 5) is 5.39. The molecule has 0 amide bonds. The van der Waals surface area contributed by atoms with Crippen LogP contribution in [0.5, 0.6) is 0 Å². The van der Waals surface area contributed by atoms with E-state index < -0.39 is 0 Å². The first-order valence-corrected chi connectivity index (χ1v) is 17.7. The van der Waals surface area contributed by atoms with Crippen molar-refractivity contribution in [2.75, 3.05) is 0 Å². The van der Waals surface area contributed by atoms with Crippen LogP contribution in [-0.2, 0) is 0 Å². The van der Waals surface area contributed by atoms with E-state index in [4.69, 9.17) is 13.8 Å². The highest BCUT2D eigenvalue weighted by Crippen LogP contribution is 2.41. The van der Waals surface area contributed by atoms with Gasteiger partial charge in [-0.05, 0) is 74.6 Å². The molecule has 2 N–H and O–H groups in total. The molecule has 52 heavy (non-hydrogen) atoms. The summed E-state index contributed by atoms with van der Waals surface area (Å²) in [7, 11) is 0. The molecule has 10 aromatic rings. The third-order valence-electron chi connectivity index (χ3n) is 10.5. The van der Waals surface area contributed by atoms with Crippen LogP contribution in [0.25, 0.3) is 76.5 Å². The zero-order valence-corrected chi connectivity index (χ0v) is 28.0. The van der Waals surface area contributed by atoms with Crippen molar-refractivity contribution in [3.05, 3.63) is 180 Å². The van der Waals surface area contributed by atoms with Crippen LogP contribution in [0.15, 0.2) is 178 Å². The lowest BCUT2D eigenvalue weighted by Crippen LogP contribution is -2.45. The second kappa shape index (κ2) is 11.4. The largest absolute Gasteiger partial charge is 0.456 e. The number of nitrogens with zero attached hydrogens (tertiary/aromatic N) is 1. The molecule has 0 fully saturated rings. The number of para-hydroxylation sites is 3. The molecule has 1 aliphatic heterocycles. The number of hydrogen-bond donors (Lipinski definition) is 2. The van der Waals surface area contributed by atoms with Gasteiger partial charge in [-0.25, -0.2) is 4.99 Å². The minimum Gasteiger partial charge on any atom is -0.456 e. The third-order valence-corrected chi connectivity index (χ3v) is 10.5. The first-order chi connectivity index (χ1) is 25.7. The van der Waals surface area contributed by atoms with Crippen molar-refractivity contribution in [1.29, 1.82) is 0 Å². The molecule has 11 rings (SSSR count). The summed E-state index contributed by atoms with van der Waals surface area (Å²) in [5, 5.41) is 16.8. The zero-order valence-electron chi connectivity index (χ0n) is 28.0. The Bertz CT molecular complexity index is 3060. The van der Waals surface area contributed by atoms with Crippen LogP contribution in [0.2, 0.25) is 0 Å². The maximum atomic E-state index is 6.62. The number of rotatable bonds is 4. The molecule has 0 bridgehead atoms. The van der Waals surface area contributed by atoms with Crippen molar-refractivity contribution in [2.24, 2.45) is 4.99 Å². The fraction of sp³-hybridized carbons (Fsp3) is 0.0426. The lowest BCUT2D eigenvalue weighted by Gasteiger charge is -2.33. The van der Waals surface area contributed by atoms with Crippen molar-refractivity contribution in [1.82, 2.24) is 10.6 Å². The lowest BCUT2D eigenvalue weighted by atomic mass is 9.93.